The fourth-order valence-electron chi connectivity index (χ4n) is 2.94. The molecule has 0 fully saturated rings. The normalized spacial score (nSPS) is 11.0. The minimum Gasteiger partial charge on any atom is -0.361 e. The standard InChI is InChI=1S/C20H24N4O2S/c1-13-11-14(2)24(22-13)12-18-15(3)26-23-19(18)20(25)21-10-9-16-5-7-17(27-4)8-6-16/h5-8,11H,9-10,12H2,1-4H3,(H,21,25). The maximum absolute atomic E-state index is 12.6. The second-order valence-corrected chi connectivity index (χ2v) is 7.38. The predicted octanol–water partition coefficient (Wildman–Crippen LogP) is 3.54. The van der Waals surface area contributed by atoms with E-state index in [0.717, 1.165) is 23.4 Å². The van der Waals surface area contributed by atoms with Crippen LogP contribution in [0.15, 0.2) is 39.8 Å². The van der Waals surface area contributed by atoms with Crippen LogP contribution in [0.3, 0.4) is 0 Å². The third-order valence-corrected chi connectivity index (χ3v) is 5.21. The second kappa shape index (κ2) is 8.43. The number of amides is 1. The molecule has 0 aliphatic heterocycles. The van der Waals surface area contributed by atoms with Gasteiger partial charge in [0.05, 0.1) is 12.2 Å². The summed E-state index contributed by atoms with van der Waals surface area (Å²) in [6.45, 7) is 6.77. The van der Waals surface area contributed by atoms with Crippen LogP contribution in [-0.2, 0) is 13.0 Å². The van der Waals surface area contributed by atoms with Crippen molar-refractivity contribution in [3.63, 3.8) is 0 Å². The van der Waals surface area contributed by atoms with Crippen molar-refractivity contribution < 1.29 is 9.32 Å². The molecule has 142 valence electrons. The highest BCUT2D eigenvalue weighted by Crippen LogP contribution is 2.17. The van der Waals surface area contributed by atoms with E-state index in [1.54, 1.807) is 11.8 Å². The predicted molar refractivity (Wildman–Crippen MR) is 106 cm³/mol. The van der Waals surface area contributed by atoms with Crippen LogP contribution in [0.5, 0.6) is 0 Å². The third kappa shape index (κ3) is 4.60. The first-order valence-electron chi connectivity index (χ1n) is 8.85. The van der Waals surface area contributed by atoms with Gasteiger partial charge < -0.3 is 9.84 Å². The lowest BCUT2D eigenvalue weighted by atomic mass is 10.1. The molecule has 1 amide bonds. The summed E-state index contributed by atoms with van der Waals surface area (Å²) in [4.78, 5) is 13.8. The maximum Gasteiger partial charge on any atom is 0.273 e. The van der Waals surface area contributed by atoms with Gasteiger partial charge in [-0.1, -0.05) is 17.3 Å². The quantitative estimate of drug-likeness (QED) is 0.631. The molecule has 6 nitrogen and oxygen atoms in total. The van der Waals surface area contributed by atoms with Gasteiger partial charge in [-0.25, -0.2) is 0 Å². The van der Waals surface area contributed by atoms with Crippen LogP contribution in [0.4, 0.5) is 0 Å². The number of hydrogen-bond acceptors (Lipinski definition) is 5. The fourth-order valence-corrected chi connectivity index (χ4v) is 3.35. The van der Waals surface area contributed by atoms with Gasteiger partial charge in [0.15, 0.2) is 5.69 Å². The number of nitrogens with one attached hydrogen (secondary N) is 1. The maximum atomic E-state index is 12.6. The first-order chi connectivity index (χ1) is 13.0. The average molecular weight is 385 g/mol. The molecule has 0 aliphatic carbocycles. The van der Waals surface area contributed by atoms with Crippen molar-refractivity contribution in [2.45, 2.75) is 38.6 Å². The van der Waals surface area contributed by atoms with E-state index in [1.807, 2.05) is 31.5 Å². The molecule has 1 N–H and O–H groups in total. The Bertz CT molecular complexity index is 928. The first kappa shape index (κ1) is 19.2. The SMILES string of the molecule is CSc1ccc(CCNC(=O)c2noc(C)c2Cn2nc(C)cc2C)cc1. The van der Waals surface area contributed by atoms with E-state index in [1.165, 1.54) is 10.5 Å². The Morgan fingerprint density at radius 1 is 1.22 bits per heavy atom. The molecule has 0 radical (unpaired) electrons. The lowest BCUT2D eigenvalue weighted by Crippen LogP contribution is -2.27. The lowest BCUT2D eigenvalue weighted by Gasteiger charge is -2.07. The highest BCUT2D eigenvalue weighted by Gasteiger charge is 2.20. The molecule has 3 aromatic rings. The Hall–Kier alpha value is -2.54. The topological polar surface area (TPSA) is 73.0 Å². The number of carbonyl (C=O) groups excluding carboxylic acids is 1. The van der Waals surface area contributed by atoms with E-state index in [-0.39, 0.29) is 5.91 Å². The van der Waals surface area contributed by atoms with Gasteiger partial charge in [-0.3, -0.25) is 9.48 Å². The second-order valence-electron chi connectivity index (χ2n) is 6.50. The van der Waals surface area contributed by atoms with Crippen LogP contribution >= 0.6 is 11.8 Å². The van der Waals surface area contributed by atoms with E-state index >= 15 is 0 Å². The summed E-state index contributed by atoms with van der Waals surface area (Å²) in [5.74, 6) is 0.421. The van der Waals surface area contributed by atoms with Gasteiger partial charge in [-0.15, -0.1) is 11.8 Å². The zero-order chi connectivity index (χ0) is 19.4. The van der Waals surface area contributed by atoms with Crippen LogP contribution in [-0.4, -0.2) is 33.6 Å². The van der Waals surface area contributed by atoms with E-state index < -0.39 is 0 Å². The number of benzene rings is 1. The van der Waals surface area contributed by atoms with Gasteiger partial charge in [0, 0.05) is 22.7 Å². The van der Waals surface area contributed by atoms with Crippen molar-refractivity contribution in [2.75, 3.05) is 12.8 Å². The molecule has 27 heavy (non-hydrogen) atoms. The molecular weight excluding hydrogens is 360 g/mol. The van der Waals surface area contributed by atoms with E-state index in [4.69, 9.17) is 4.52 Å². The molecule has 0 saturated carbocycles. The van der Waals surface area contributed by atoms with Gasteiger partial charge in [-0.05, 0) is 57.2 Å². The van der Waals surface area contributed by atoms with Crippen LogP contribution in [0, 0.1) is 20.8 Å². The number of hydrogen-bond donors (Lipinski definition) is 1. The summed E-state index contributed by atoms with van der Waals surface area (Å²) >= 11 is 1.72. The average Bonchev–Trinajstić information content (AvgIpc) is 3.17. The van der Waals surface area contributed by atoms with Crippen LogP contribution in [0.25, 0.3) is 0 Å². The lowest BCUT2D eigenvalue weighted by molar-refractivity contribution is 0.0944. The molecule has 0 spiro atoms. The molecule has 2 heterocycles. The van der Waals surface area contributed by atoms with E-state index in [9.17, 15) is 4.79 Å². The van der Waals surface area contributed by atoms with E-state index in [0.29, 0.717) is 24.5 Å². The molecule has 0 unspecified atom stereocenters. The highest BCUT2D eigenvalue weighted by molar-refractivity contribution is 7.98. The summed E-state index contributed by atoms with van der Waals surface area (Å²) in [5.41, 5.74) is 4.27. The summed E-state index contributed by atoms with van der Waals surface area (Å²) in [5, 5.41) is 11.4. The van der Waals surface area contributed by atoms with Gasteiger partial charge >= 0.3 is 0 Å². The van der Waals surface area contributed by atoms with Crippen molar-refractivity contribution in [1.29, 1.82) is 0 Å². The van der Waals surface area contributed by atoms with Gasteiger partial charge in [-0.2, -0.15) is 5.10 Å². The zero-order valence-corrected chi connectivity index (χ0v) is 16.9. The smallest absolute Gasteiger partial charge is 0.273 e. The van der Waals surface area contributed by atoms with Crippen LogP contribution < -0.4 is 5.32 Å². The Morgan fingerprint density at radius 3 is 2.59 bits per heavy atom. The Morgan fingerprint density at radius 2 is 1.96 bits per heavy atom. The monoisotopic (exact) mass is 384 g/mol. The molecule has 0 atom stereocenters. The molecule has 0 aliphatic rings. The first-order valence-corrected chi connectivity index (χ1v) is 10.1. The summed E-state index contributed by atoms with van der Waals surface area (Å²) in [7, 11) is 0. The molecule has 0 saturated heterocycles. The van der Waals surface area contributed by atoms with Gasteiger partial charge in [0.25, 0.3) is 5.91 Å². The minimum absolute atomic E-state index is 0.218. The van der Waals surface area contributed by atoms with Gasteiger partial charge in [0.2, 0.25) is 0 Å². The number of nitrogens with zero attached hydrogens (tertiary/aromatic N) is 3. The molecular formula is C20H24N4O2S. The highest BCUT2D eigenvalue weighted by atomic mass is 32.2. The van der Waals surface area contributed by atoms with Crippen molar-refractivity contribution >= 4 is 17.7 Å². The molecule has 2 aromatic heterocycles. The summed E-state index contributed by atoms with van der Waals surface area (Å²) < 4.78 is 7.13. The third-order valence-electron chi connectivity index (χ3n) is 4.47. The number of aryl methyl sites for hydroxylation is 3. The van der Waals surface area contributed by atoms with Crippen LogP contribution in [0.1, 0.15) is 38.8 Å². The number of thioether (sulfide) groups is 1. The molecule has 7 heteroatoms. The van der Waals surface area contributed by atoms with Crippen molar-refractivity contribution in [3.8, 4) is 0 Å². The molecule has 3 rings (SSSR count). The van der Waals surface area contributed by atoms with Gasteiger partial charge in [0.1, 0.15) is 5.76 Å². The number of rotatable bonds is 7. The van der Waals surface area contributed by atoms with Crippen molar-refractivity contribution in [3.05, 3.63) is 64.3 Å². The minimum atomic E-state index is -0.218. The van der Waals surface area contributed by atoms with Crippen LogP contribution in [0.2, 0.25) is 0 Å². The fraction of sp³-hybridized carbons (Fsp3) is 0.350. The summed E-state index contributed by atoms with van der Waals surface area (Å²) in [6, 6.07) is 10.4. The summed E-state index contributed by atoms with van der Waals surface area (Å²) in [6.07, 6.45) is 2.82. The largest absolute Gasteiger partial charge is 0.361 e. The molecule has 1 aromatic carbocycles. The van der Waals surface area contributed by atoms with Crippen molar-refractivity contribution in [1.82, 2.24) is 20.3 Å². The Kier molecular flexibility index (Phi) is 6.01. The van der Waals surface area contributed by atoms with Crippen molar-refractivity contribution in [2.24, 2.45) is 0 Å². The Labute approximate surface area is 163 Å². The number of aromatic nitrogens is 3. The Balaban J connectivity index is 1.63. The number of carbonyl (C=O) groups is 1. The zero-order valence-electron chi connectivity index (χ0n) is 16.1. The van der Waals surface area contributed by atoms with E-state index in [2.05, 4.69) is 46.1 Å². The molecule has 0 bridgehead atoms.